The van der Waals surface area contributed by atoms with Crippen LogP contribution in [0.2, 0.25) is 0 Å². The third-order valence-electron chi connectivity index (χ3n) is 5.82. The fraction of sp³-hybridized carbons (Fsp3) is 0.200. The fourth-order valence-electron chi connectivity index (χ4n) is 3.81. The van der Waals surface area contributed by atoms with E-state index in [1.807, 2.05) is 12.1 Å². The van der Waals surface area contributed by atoms with Crippen LogP contribution in [0.4, 0.5) is 0 Å². The Hall–Kier alpha value is -2.50. The zero-order chi connectivity index (χ0) is 23.6. The maximum Gasteiger partial charge on any atom is 0.0937 e. The molecule has 0 N–H and O–H groups in total. The molecule has 0 fully saturated rings. The van der Waals surface area contributed by atoms with Gasteiger partial charge in [-0.1, -0.05) is 109 Å². The number of benzene rings is 4. The van der Waals surface area contributed by atoms with Crippen molar-refractivity contribution in [3.05, 3.63) is 120 Å². The van der Waals surface area contributed by atoms with E-state index in [1.165, 1.54) is 22.3 Å². The van der Waals surface area contributed by atoms with Crippen molar-refractivity contribution in [1.29, 1.82) is 0 Å². The van der Waals surface area contributed by atoms with Crippen molar-refractivity contribution in [2.75, 3.05) is 11.5 Å². The van der Waals surface area contributed by atoms with E-state index in [2.05, 4.69) is 122 Å². The highest BCUT2D eigenvalue weighted by atomic mass is 32.1. The van der Waals surface area contributed by atoms with Gasteiger partial charge in [0.1, 0.15) is 0 Å². The van der Waals surface area contributed by atoms with E-state index in [0.717, 1.165) is 11.1 Å². The van der Waals surface area contributed by atoms with Crippen molar-refractivity contribution < 1.29 is 9.47 Å². The molecule has 4 rings (SSSR count). The Bertz CT molecular complexity index is 1020. The Labute approximate surface area is 213 Å². The summed E-state index contributed by atoms with van der Waals surface area (Å²) in [6.45, 7) is 1.03. The molecule has 4 aromatic carbocycles. The van der Waals surface area contributed by atoms with E-state index in [1.54, 1.807) is 0 Å². The summed E-state index contributed by atoms with van der Waals surface area (Å²) in [7, 11) is 0. The van der Waals surface area contributed by atoms with Gasteiger partial charge in [-0.25, -0.2) is 0 Å². The van der Waals surface area contributed by atoms with Gasteiger partial charge in [0.25, 0.3) is 0 Å². The molecule has 4 aromatic rings. The summed E-state index contributed by atoms with van der Waals surface area (Å²) < 4.78 is 12.4. The first kappa shape index (κ1) is 24.6. The minimum absolute atomic E-state index is 0.141. The SMILES string of the molecule is SC[C@H](OCc1ccc(-c2ccccc2)cc1)[C@@H](CS)OCc1ccc(-c2ccccc2)cc1. The molecule has 0 saturated heterocycles. The predicted molar refractivity (Wildman–Crippen MR) is 149 cm³/mol. The first-order valence-electron chi connectivity index (χ1n) is 11.5. The molecule has 174 valence electrons. The summed E-state index contributed by atoms with van der Waals surface area (Å²) in [4.78, 5) is 0. The third-order valence-corrected chi connectivity index (χ3v) is 6.54. The highest BCUT2D eigenvalue weighted by Gasteiger charge is 2.21. The second kappa shape index (κ2) is 12.8. The average molecular weight is 487 g/mol. The maximum atomic E-state index is 6.19. The molecule has 0 aliphatic carbocycles. The number of hydrogen-bond acceptors (Lipinski definition) is 4. The van der Waals surface area contributed by atoms with Crippen LogP contribution < -0.4 is 0 Å². The van der Waals surface area contributed by atoms with Gasteiger partial charge in [-0.05, 0) is 33.4 Å². The van der Waals surface area contributed by atoms with Crippen LogP contribution in [0, 0.1) is 0 Å². The number of hydrogen-bond donors (Lipinski definition) is 2. The maximum absolute atomic E-state index is 6.19. The molecule has 2 atom stereocenters. The average Bonchev–Trinajstić information content (AvgIpc) is 2.92. The van der Waals surface area contributed by atoms with E-state index in [-0.39, 0.29) is 12.2 Å². The molecule has 0 radical (unpaired) electrons. The van der Waals surface area contributed by atoms with Crippen molar-refractivity contribution in [2.45, 2.75) is 25.4 Å². The van der Waals surface area contributed by atoms with Gasteiger partial charge in [0, 0.05) is 11.5 Å². The smallest absolute Gasteiger partial charge is 0.0937 e. The predicted octanol–water partition coefficient (Wildman–Crippen LogP) is 7.35. The fourth-order valence-corrected chi connectivity index (χ4v) is 4.49. The van der Waals surface area contributed by atoms with Gasteiger partial charge < -0.3 is 9.47 Å². The second-order valence-electron chi connectivity index (χ2n) is 8.19. The van der Waals surface area contributed by atoms with E-state index in [9.17, 15) is 0 Å². The zero-order valence-corrected chi connectivity index (χ0v) is 20.9. The summed E-state index contributed by atoms with van der Waals surface area (Å²) in [5.41, 5.74) is 7.07. The van der Waals surface area contributed by atoms with Crippen LogP contribution in [0.25, 0.3) is 22.3 Å². The van der Waals surface area contributed by atoms with Crippen LogP contribution in [0.15, 0.2) is 109 Å². The second-order valence-corrected chi connectivity index (χ2v) is 8.92. The molecule has 2 nitrogen and oxygen atoms in total. The first-order valence-corrected chi connectivity index (χ1v) is 12.8. The molecule has 0 amide bonds. The van der Waals surface area contributed by atoms with Crippen LogP contribution in [0.1, 0.15) is 11.1 Å². The lowest BCUT2D eigenvalue weighted by molar-refractivity contribution is -0.0638. The number of rotatable bonds is 11. The Morgan fingerprint density at radius 2 is 0.765 bits per heavy atom. The molecule has 0 aliphatic heterocycles. The lowest BCUT2D eigenvalue weighted by Crippen LogP contribution is -2.34. The van der Waals surface area contributed by atoms with Crippen LogP contribution >= 0.6 is 25.3 Å². The van der Waals surface area contributed by atoms with Gasteiger partial charge in [-0.3, -0.25) is 0 Å². The molecular formula is C30H30O2S2. The summed E-state index contributed by atoms with van der Waals surface area (Å²) in [6, 6.07) is 37.7. The molecule has 0 aromatic heterocycles. The monoisotopic (exact) mass is 486 g/mol. The molecule has 0 bridgehead atoms. The van der Waals surface area contributed by atoms with Gasteiger partial charge in [0.2, 0.25) is 0 Å². The molecule has 0 saturated carbocycles. The topological polar surface area (TPSA) is 18.5 Å². The zero-order valence-electron chi connectivity index (χ0n) is 19.1. The van der Waals surface area contributed by atoms with Gasteiger partial charge in [0.05, 0.1) is 25.4 Å². The Balaban J connectivity index is 1.30. The van der Waals surface area contributed by atoms with Crippen molar-refractivity contribution >= 4 is 25.3 Å². The lowest BCUT2D eigenvalue weighted by Gasteiger charge is -2.25. The Morgan fingerprint density at radius 3 is 1.09 bits per heavy atom. The lowest BCUT2D eigenvalue weighted by atomic mass is 10.0. The Morgan fingerprint density at radius 1 is 0.441 bits per heavy atom. The van der Waals surface area contributed by atoms with Crippen LogP contribution in [-0.4, -0.2) is 23.7 Å². The summed E-state index contributed by atoms with van der Waals surface area (Å²) in [5.74, 6) is 1.14. The molecule has 0 spiro atoms. The quantitative estimate of drug-likeness (QED) is 0.216. The minimum atomic E-state index is -0.141. The highest BCUT2D eigenvalue weighted by Crippen LogP contribution is 2.22. The molecule has 0 heterocycles. The highest BCUT2D eigenvalue weighted by molar-refractivity contribution is 7.80. The van der Waals surface area contributed by atoms with Crippen molar-refractivity contribution in [2.24, 2.45) is 0 Å². The normalized spacial score (nSPS) is 12.9. The molecule has 4 heteroatoms. The standard InChI is InChI=1S/C30H30O2S2/c33-21-29(31-19-23-11-15-27(16-12-23)25-7-3-1-4-8-25)30(22-34)32-20-24-13-17-28(18-14-24)26-9-5-2-6-10-26/h1-18,29-30,33-34H,19-22H2/t29-,30+. The summed E-state index contributed by atoms with van der Waals surface area (Å²) in [6.07, 6.45) is -0.281. The third kappa shape index (κ3) is 6.77. The summed E-state index contributed by atoms with van der Waals surface area (Å²) >= 11 is 9.03. The Kier molecular flexibility index (Phi) is 9.28. The van der Waals surface area contributed by atoms with Gasteiger partial charge in [0.15, 0.2) is 0 Å². The van der Waals surface area contributed by atoms with E-state index in [4.69, 9.17) is 9.47 Å². The van der Waals surface area contributed by atoms with Gasteiger partial charge >= 0.3 is 0 Å². The van der Waals surface area contributed by atoms with Gasteiger partial charge in [-0.15, -0.1) is 0 Å². The van der Waals surface area contributed by atoms with E-state index < -0.39 is 0 Å². The van der Waals surface area contributed by atoms with Crippen molar-refractivity contribution in [1.82, 2.24) is 0 Å². The molecular weight excluding hydrogens is 456 g/mol. The minimum Gasteiger partial charge on any atom is -0.370 e. The van der Waals surface area contributed by atoms with E-state index in [0.29, 0.717) is 24.7 Å². The van der Waals surface area contributed by atoms with Gasteiger partial charge in [-0.2, -0.15) is 25.3 Å². The number of thiol groups is 2. The van der Waals surface area contributed by atoms with Crippen molar-refractivity contribution in [3.8, 4) is 22.3 Å². The van der Waals surface area contributed by atoms with Crippen LogP contribution in [0.3, 0.4) is 0 Å². The van der Waals surface area contributed by atoms with Crippen molar-refractivity contribution in [3.63, 3.8) is 0 Å². The number of ether oxygens (including phenoxy) is 2. The largest absolute Gasteiger partial charge is 0.370 e. The molecule has 0 unspecified atom stereocenters. The first-order chi connectivity index (χ1) is 16.8. The van der Waals surface area contributed by atoms with Crippen LogP contribution in [-0.2, 0) is 22.7 Å². The van der Waals surface area contributed by atoms with E-state index >= 15 is 0 Å². The molecule has 34 heavy (non-hydrogen) atoms. The van der Waals surface area contributed by atoms with Crippen LogP contribution in [0.5, 0.6) is 0 Å². The summed E-state index contributed by atoms with van der Waals surface area (Å²) in [5, 5.41) is 0. The molecule has 0 aliphatic rings.